The molecule has 0 aliphatic rings. The lowest BCUT2D eigenvalue weighted by atomic mass is 10.2. The smallest absolute Gasteiger partial charge is 0.251 e. The molecule has 0 aliphatic carbocycles. The summed E-state index contributed by atoms with van der Waals surface area (Å²) in [6, 6.07) is 7.07. The molecule has 0 spiro atoms. The van der Waals surface area contributed by atoms with Crippen LogP contribution < -0.4 is 16.0 Å². The number of hydrogen-bond acceptors (Lipinski definition) is 3. The maximum Gasteiger partial charge on any atom is 0.251 e. The monoisotopic (exact) mass is 335 g/mol. The van der Waals surface area contributed by atoms with Gasteiger partial charge in [-0.3, -0.25) is 9.59 Å². The van der Waals surface area contributed by atoms with Gasteiger partial charge in [0.1, 0.15) is 0 Å². The van der Waals surface area contributed by atoms with Crippen molar-refractivity contribution in [2.45, 2.75) is 52.5 Å². The van der Waals surface area contributed by atoms with Crippen molar-refractivity contribution in [2.75, 3.05) is 5.32 Å². The third-order valence-corrected chi connectivity index (χ3v) is 3.27. The number of carbonyl (C=O) groups is 2. The quantitative estimate of drug-likeness (QED) is 0.528. The predicted octanol–water partition coefficient (Wildman–Crippen LogP) is 3.22. The second-order valence-corrected chi connectivity index (χ2v) is 6.08. The Bertz CT molecular complexity index is 559. The highest BCUT2D eigenvalue weighted by Gasteiger charge is 2.09. The molecular weight excluding hydrogens is 310 g/mol. The SMILES string of the molecule is CCCCCC(=O)NC(=S)Nc1cccc(C(=O)NC(C)C)c1. The van der Waals surface area contributed by atoms with Crippen LogP contribution in [-0.4, -0.2) is 23.0 Å². The Morgan fingerprint density at radius 1 is 1.22 bits per heavy atom. The summed E-state index contributed by atoms with van der Waals surface area (Å²) in [5.74, 6) is -0.233. The molecule has 0 heterocycles. The molecule has 0 radical (unpaired) electrons. The number of rotatable bonds is 7. The number of carbonyl (C=O) groups excluding carboxylic acids is 2. The largest absolute Gasteiger partial charge is 0.350 e. The molecule has 0 unspecified atom stereocenters. The van der Waals surface area contributed by atoms with Crippen molar-refractivity contribution in [1.29, 1.82) is 0 Å². The molecule has 0 saturated heterocycles. The maximum absolute atomic E-state index is 12.0. The molecule has 0 aliphatic heterocycles. The van der Waals surface area contributed by atoms with Gasteiger partial charge in [0, 0.05) is 23.7 Å². The highest BCUT2D eigenvalue weighted by Crippen LogP contribution is 2.11. The minimum absolute atomic E-state index is 0.0719. The summed E-state index contributed by atoms with van der Waals surface area (Å²) in [7, 11) is 0. The minimum Gasteiger partial charge on any atom is -0.350 e. The van der Waals surface area contributed by atoms with Gasteiger partial charge < -0.3 is 16.0 Å². The lowest BCUT2D eigenvalue weighted by Gasteiger charge is -2.12. The second-order valence-electron chi connectivity index (χ2n) is 5.67. The van der Waals surface area contributed by atoms with Gasteiger partial charge in [0.05, 0.1) is 0 Å². The Morgan fingerprint density at radius 2 is 1.96 bits per heavy atom. The summed E-state index contributed by atoms with van der Waals surface area (Å²) in [5.41, 5.74) is 1.21. The van der Waals surface area contributed by atoms with E-state index in [-0.39, 0.29) is 23.0 Å². The average molecular weight is 335 g/mol. The van der Waals surface area contributed by atoms with Crippen molar-refractivity contribution in [1.82, 2.24) is 10.6 Å². The van der Waals surface area contributed by atoms with Gasteiger partial charge in [-0.2, -0.15) is 0 Å². The van der Waals surface area contributed by atoms with Crippen molar-refractivity contribution in [2.24, 2.45) is 0 Å². The van der Waals surface area contributed by atoms with Crippen LogP contribution in [0.5, 0.6) is 0 Å². The first kappa shape index (κ1) is 19.1. The van der Waals surface area contributed by atoms with Crippen LogP contribution in [0.15, 0.2) is 24.3 Å². The third kappa shape index (κ3) is 7.74. The summed E-state index contributed by atoms with van der Waals surface area (Å²) >= 11 is 5.13. The molecule has 1 rings (SSSR count). The van der Waals surface area contributed by atoms with Gasteiger partial charge in [0.2, 0.25) is 5.91 Å². The van der Waals surface area contributed by atoms with Gasteiger partial charge in [-0.15, -0.1) is 0 Å². The van der Waals surface area contributed by atoms with Gasteiger partial charge in [0.25, 0.3) is 5.91 Å². The zero-order valence-corrected chi connectivity index (χ0v) is 14.8. The summed E-state index contributed by atoms with van der Waals surface area (Å²) in [5, 5.41) is 8.65. The van der Waals surface area contributed by atoms with Crippen molar-refractivity contribution in [3.05, 3.63) is 29.8 Å². The second kappa shape index (κ2) is 9.94. The summed E-state index contributed by atoms with van der Waals surface area (Å²) in [6.45, 7) is 5.90. The van der Waals surface area contributed by atoms with Crippen LogP contribution in [0, 0.1) is 0 Å². The number of nitrogens with one attached hydrogen (secondary N) is 3. The third-order valence-electron chi connectivity index (χ3n) is 3.06. The van der Waals surface area contributed by atoms with E-state index in [9.17, 15) is 9.59 Å². The number of unbranched alkanes of at least 4 members (excludes halogenated alkanes) is 2. The number of hydrogen-bond donors (Lipinski definition) is 3. The summed E-state index contributed by atoms with van der Waals surface area (Å²) < 4.78 is 0. The van der Waals surface area contributed by atoms with Crippen LogP contribution in [0.2, 0.25) is 0 Å². The molecule has 6 heteroatoms. The van der Waals surface area contributed by atoms with Gasteiger partial charge in [0.15, 0.2) is 5.11 Å². The Kier molecular flexibility index (Phi) is 8.26. The molecule has 126 valence electrons. The van der Waals surface area contributed by atoms with Gasteiger partial charge in [-0.25, -0.2) is 0 Å². The molecule has 23 heavy (non-hydrogen) atoms. The number of thiocarbonyl (C=S) groups is 1. The van der Waals surface area contributed by atoms with E-state index in [1.165, 1.54) is 0 Å². The van der Waals surface area contributed by atoms with E-state index >= 15 is 0 Å². The molecule has 0 atom stereocenters. The lowest BCUT2D eigenvalue weighted by Crippen LogP contribution is -2.34. The molecule has 1 aromatic rings. The first-order valence-corrected chi connectivity index (χ1v) is 8.35. The summed E-state index contributed by atoms with van der Waals surface area (Å²) in [4.78, 5) is 23.7. The van der Waals surface area contributed by atoms with E-state index in [0.29, 0.717) is 17.7 Å². The van der Waals surface area contributed by atoms with Crippen LogP contribution >= 0.6 is 12.2 Å². The molecule has 0 fully saturated rings. The summed E-state index contributed by atoms with van der Waals surface area (Å²) in [6.07, 6.45) is 3.42. The van der Waals surface area contributed by atoms with Gasteiger partial charge in [-0.1, -0.05) is 25.8 Å². The topological polar surface area (TPSA) is 70.2 Å². The number of benzene rings is 1. The standard InChI is InChI=1S/C17H25N3O2S/c1-4-5-6-10-15(21)20-17(23)19-14-9-7-8-13(11-14)16(22)18-12(2)3/h7-9,11-12H,4-6,10H2,1-3H3,(H,18,22)(H2,19,20,21,23). The molecule has 3 N–H and O–H groups in total. The van der Waals surface area contributed by atoms with Crippen LogP contribution in [0.3, 0.4) is 0 Å². The normalized spacial score (nSPS) is 10.3. The first-order chi connectivity index (χ1) is 10.9. The van der Waals surface area contributed by atoms with Crippen molar-refractivity contribution >= 4 is 34.8 Å². The molecule has 5 nitrogen and oxygen atoms in total. The van der Waals surface area contributed by atoms with E-state index < -0.39 is 0 Å². The zero-order chi connectivity index (χ0) is 17.2. The van der Waals surface area contributed by atoms with Gasteiger partial charge >= 0.3 is 0 Å². The van der Waals surface area contributed by atoms with Crippen LogP contribution in [-0.2, 0) is 4.79 Å². The van der Waals surface area contributed by atoms with E-state index in [4.69, 9.17) is 12.2 Å². The fourth-order valence-corrected chi connectivity index (χ4v) is 2.20. The van der Waals surface area contributed by atoms with E-state index in [0.717, 1.165) is 19.3 Å². The number of amides is 2. The fraction of sp³-hybridized carbons (Fsp3) is 0.471. The van der Waals surface area contributed by atoms with E-state index in [2.05, 4.69) is 22.9 Å². The Balaban J connectivity index is 2.55. The van der Waals surface area contributed by atoms with Crippen LogP contribution in [0.1, 0.15) is 56.8 Å². The maximum atomic E-state index is 12.0. The highest BCUT2D eigenvalue weighted by atomic mass is 32.1. The molecule has 0 aromatic heterocycles. The minimum atomic E-state index is -0.141. The highest BCUT2D eigenvalue weighted by molar-refractivity contribution is 7.80. The van der Waals surface area contributed by atoms with Crippen molar-refractivity contribution in [3.8, 4) is 0 Å². The van der Waals surface area contributed by atoms with E-state index in [1.54, 1.807) is 24.3 Å². The molecule has 1 aromatic carbocycles. The van der Waals surface area contributed by atoms with Crippen LogP contribution in [0.4, 0.5) is 5.69 Å². The first-order valence-electron chi connectivity index (χ1n) is 7.94. The predicted molar refractivity (Wildman–Crippen MR) is 97.5 cm³/mol. The number of anilines is 1. The average Bonchev–Trinajstić information content (AvgIpc) is 2.46. The molecule has 2 amide bonds. The lowest BCUT2D eigenvalue weighted by molar-refractivity contribution is -0.119. The Labute approximate surface area is 143 Å². The molecular formula is C17H25N3O2S. The Hall–Kier alpha value is -1.95. The zero-order valence-electron chi connectivity index (χ0n) is 13.9. The van der Waals surface area contributed by atoms with Crippen LogP contribution in [0.25, 0.3) is 0 Å². The molecule has 0 saturated carbocycles. The van der Waals surface area contributed by atoms with Crippen molar-refractivity contribution in [3.63, 3.8) is 0 Å². The van der Waals surface area contributed by atoms with Crippen molar-refractivity contribution < 1.29 is 9.59 Å². The van der Waals surface area contributed by atoms with Gasteiger partial charge in [-0.05, 0) is 50.7 Å². The fourth-order valence-electron chi connectivity index (χ4n) is 1.97. The van der Waals surface area contributed by atoms with E-state index in [1.807, 2.05) is 13.8 Å². The Morgan fingerprint density at radius 3 is 2.61 bits per heavy atom. The molecule has 0 bridgehead atoms.